The van der Waals surface area contributed by atoms with E-state index in [2.05, 4.69) is 15.3 Å². The summed E-state index contributed by atoms with van der Waals surface area (Å²) in [5, 5.41) is 2.58. The number of aliphatic imine (C=N–C) groups is 1. The molecule has 0 unspecified atom stereocenters. The molecule has 0 bridgehead atoms. The Morgan fingerprint density at radius 3 is 2.80 bits per heavy atom. The Morgan fingerprint density at radius 1 is 1.53 bits per heavy atom. The first-order valence-corrected chi connectivity index (χ1v) is 3.94. The molecule has 84 valence electrons. The van der Waals surface area contributed by atoms with Gasteiger partial charge in [0.05, 0.1) is 0 Å². The number of hydrogen-bond acceptors (Lipinski definition) is 2. The number of rotatable bonds is 3. The maximum Gasteiger partial charge on any atom is 0.257 e. The molecular formula is C8H11F2IN4. The van der Waals surface area contributed by atoms with Gasteiger partial charge in [0, 0.05) is 6.20 Å². The maximum atomic E-state index is 11.7. The fourth-order valence-corrected chi connectivity index (χ4v) is 0.775. The molecule has 1 aromatic rings. The summed E-state index contributed by atoms with van der Waals surface area (Å²) in [6, 6.07) is 5.14. The standard InChI is InChI=1S/C8H10F2N4.HI/c9-6(10)5-13-8(11)14-7-3-1-2-4-12-7;/h1-4,6H,5H2,(H3,11,12,13,14);1H. The van der Waals surface area contributed by atoms with E-state index in [1.165, 1.54) is 0 Å². The van der Waals surface area contributed by atoms with Gasteiger partial charge in [0.2, 0.25) is 0 Å². The number of alkyl halides is 2. The van der Waals surface area contributed by atoms with Crippen molar-refractivity contribution < 1.29 is 8.78 Å². The fraction of sp³-hybridized carbons (Fsp3) is 0.250. The Balaban J connectivity index is 0.00000196. The molecule has 0 saturated heterocycles. The molecule has 15 heavy (non-hydrogen) atoms. The second-order valence-corrected chi connectivity index (χ2v) is 2.46. The minimum atomic E-state index is -2.49. The van der Waals surface area contributed by atoms with Crippen LogP contribution in [0.2, 0.25) is 0 Å². The zero-order valence-electron chi connectivity index (χ0n) is 7.73. The van der Waals surface area contributed by atoms with Crippen LogP contribution in [0.15, 0.2) is 29.4 Å². The van der Waals surface area contributed by atoms with Crippen molar-refractivity contribution in [3.8, 4) is 0 Å². The van der Waals surface area contributed by atoms with Crippen LogP contribution in [0.1, 0.15) is 0 Å². The van der Waals surface area contributed by atoms with Crippen molar-refractivity contribution >= 4 is 35.8 Å². The summed E-state index contributed by atoms with van der Waals surface area (Å²) in [4.78, 5) is 7.30. The van der Waals surface area contributed by atoms with E-state index in [9.17, 15) is 8.78 Å². The van der Waals surface area contributed by atoms with Crippen LogP contribution >= 0.6 is 24.0 Å². The first-order chi connectivity index (χ1) is 6.68. The van der Waals surface area contributed by atoms with Crippen LogP contribution in [-0.4, -0.2) is 23.9 Å². The molecule has 1 rings (SSSR count). The van der Waals surface area contributed by atoms with Crippen LogP contribution in [0, 0.1) is 0 Å². The second kappa shape index (κ2) is 7.32. The molecule has 3 N–H and O–H groups in total. The van der Waals surface area contributed by atoms with Gasteiger partial charge in [-0.1, -0.05) is 6.07 Å². The molecule has 1 heterocycles. The molecular weight excluding hydrogens is 317 g/mol. The molecule has 7 heteroatoms. The molecule has 0 saturated carbocycles. The minimum absolute atomic E-state index is 0. The van der Waals surface area contributed by atoms with Crippen molar-refractivity contribution in [2.75, 3.05) is 11.9 Å². The van der Waals surface area contributed by atoms with Crippen LogP contribution in [0.5, 0.6) is 0 Å². The molecule has 1 aromatic heterocycles. The summed E-state index contributed by atoms with van der Waals surface area (Å²) in [5.41, 5.74) is 5.32. The average molecular weight is 328 g/mol. The van der Waals surface area contributed by atoms with Crippen LogP contribution in [-0.2, 0) is 0 Å². The third-order valence-electron chi connectivity index (χ3n) is 1.32. The van der Waals surface area contributed by atoms with Gasteiger partial charge in [-0.3, -0.25) is 0 Å². The number of hydrogen-bond donors (Lipinski definition) is 2. The number of nitrogens with two attached hydrogens (primary N) is 1. The van der Waals surface area contributed by atoms with Crippen molar-refractivity contribution in [1.29, 1.82) is 0 Å². The van der Waals surface area contributed by atoms with Gasteiger partial charge in [0.15, 0.2) is 5.96 Å². The van der Waals surface area contributed by atoms with E-state index in [1.54, 1.807) is 24.4 Å². The summed E-state index contributed by atoms with van der Waals surface area (Å²) in [6.45, 7) is -0.605. The van der Waals surface area contributed by atoms with E-state index in [4.69, 9.17) is 5.73 Å². The molecule has 0 aliphatic rings. The third kappa shape index (κ3) is 6.15. The number of nitrogens with zero attached hydrogens (tertiary/aromatic N) is 2. The first-order valence-electron chi connectivity index (χ1n) is 3.94. The Morgan fingerprint density at radius 2 is 2.27 bits per heavy atom. The highest BCUT2D eigenvalue weighted by atomic mass is 127. The predicted molar refractivity (Wildman–Crippen MR) is 65.8 cm³/mol. The number of aromatic nitrogens is 1. The average Bonchev–Trinajstić information content (AvgIpc) is 2.16. The highest BCUT2D eigenvalue weighted by Crippen LogP contribution is 1.99. The van der Waals surface area contributed by atoms with Gasteiger partial charge in [0.25, 0.3) is 6.43 Å². The normalized spacial score (nSPS) is 11.0. The van der Waals surface area contributed by atoms with Crippen molar-refractivity contribution in [1.82, 2.24) is 4.98 Å². The summed E-state index contributed by atoms with van der Waals surface area (Å²) in [7, 11) is 0. The Hall–Kier alpha value is -0.990. The van der Waals surface area contributed by atoms with Crippen molar-refractivity contribution in [2.45, 2.75) is 6.43 Å². The summed E-state index contributed by atoms with van der Waals surface area (Å²) in [5.74, 6) is 0.409. The maximum absolute atomic E-state index is 11.7. The molecule has 4 nitrogen and oxygen atoms in total. The van der Waals surface area contributed by atoms with Crippen LogP contribution in [0.25, 0.3) is 0 Å². The monoisotopic (exact) mass is 328 g/mol. The van der Waals surface area contributed by atoms with Gasteiger partial charge in [-0.05, 0) is 12.1 Å². The fourth-order valence-electron chi connectivity index (χ4n) is 0.775. The zero-order valence-corrected chi connectivity index (χ0v) is 10.1. The molecule has 0 amide bonds. The topological polar surface area (TPSA) is 63.3 Å². The lowest BCUT2D eigenvalue weighted by atomic mass is 10.5. The van der Waals surface area contributed by atoms with E-state index in [1.807, 2.05) is 0 Å². The summed E-state index contributed by atoms with van der Waals surface area (Å²) >= 11 is 0. The number of guanidine groups is 1. The van der Waals surface area contributed by atoms with Gasteiger partial charge in [0.1, 0.15) is 12.4 Å². The largest absolute Gasteiger partial charge is 0.370 e. The highest BCUT2D eigenvalue weighted by Gasteiger charge is 2.00. The molecule has 0 atom stereocenters. The van der Waals surface area contributed by atoms with E-state index in [-0.39, 0.29) is 29.9 Å². The van der Waals surface area contributed by atoms with Crippen LogP contribution in [0.3, 0.4) is 0 Å². The second-order valence-electron chi connectivity index (χ2n) is 2.46. The lowest BCUT2D eigenvalue weighted by molar-refractivity contribution is 0.158. The SMILES string of the molecule is I.NC(=NCC(F)F)Nc1ccccn1. The van der Waals surface area contributed by atoms with Gasteiger partial charge in [-0.2, -0.15) is 0 Å². The third-order valence-corrected chi connectivity index (χ3v) is 1.32. The molecule has 0 aliphatic heterocycles. The molecule has 0 aliphatic carbocycles. The number of anilines is 1. The Bertz CT molecular complexity index is 305. The molecule has 0 fully saturated rings. The number of nitrogens with one attached hydrogen (secondary N) is 1. The summed E-state index contributed by atoms with van der Waals surface area (Å²) in [6.07, 6.45) is -0.929. The zero-order chi connectivity index (χ0) is 10.4. The van der Waals surface area contributed by atoms with E-state index >= 15 is 0 Å². The Kier molecular flexibility index (Phi) is 6.84. The Labute approximate surface area is 103 Å². The minimum Gasteiger partial charge on any atom is -0.370 e. The smallest absolute Gasteiger partial charge is 0.257 e. The lowest BCUT2D eigenvalue weighted by Crippen LogP contribution is -2.24. The molecule has 0 spiro atoms. The number of halogens is 3. The van der Waals surface area contributed by atoms with E-state index in [0.29, 0.717) is 5.82 Å². The van der Waals surface area contributed by atoms with Crippen molar-refractivity contribution in [3.05, 3.63) is 24.4 Å². The quantitative estimate of drug-likeness (QED) is 0.504. The van der Waals surface area contributed by atoms with Crippen molar-refractivity contribution in [2.24, 2.45) is 10.7 Å². The predicted octanol–water partition coefficient (Wildman–Crippen LogP) is 1.69. The van der Waals surface area contributed by atoms with Crippen molar-refractivity contribution in [3.63, 3.8) is 0 Å². The number of pyridine rings is 1. The lowest BCUT2D eigenvalue weighted by Gasteiger charge is -2.03. The molecule has 0 aromatic carbocycles. The van der Waals surface area contributed by atoms with Crippen LogP contribution in [0.4, 0.5) is 14.6 Å². The molecule has 0 radical (unpaired) electrons. The van der Waals surface area contributed by atoms with Gasteiger partial charge >= 0.3 is 0 Å². The van der Waals surface area contributed by atoms with E-state index < -0.39 is 13.0 Å². The van der Waals surface area contributed by atoms with E-state index in [0.717, 1.165) is 0 Å². The highest BCUT2D eigenvalue weighted by molar-refractivity contribution is 14.0. The van der Waals surface area contributed by atoms with Crippen LogP contribution < -0.4 is 11.1 Å². The summed E-state index contributed by atoms with van der Waals surface area (Å²) < 4.78 is 23.5. The van der Waals surface area contributed by atoms with Gasteiger partial charge in [-0.15, -0.1) is 24.0 Å². The van der Waals surface area contributed by atoms with Gasteiger partial charge < -0.3 is 11.1 Å². The van der Waals surface area contributed by atoms with Gasteiger partial charge in [-0.25, -0.2) is 18.8 Å². The first kappa shape index (κ1) is 14.0.